The number of carbonyl (C=O) groups is 4. The second-order valence-corrected chi connectivity index (χ2v) is 12.8. The van der Waals surface area contributed by atoms with Crippen LogP contribution in [-0.4, -0.2) is 40.3 Å². The fourth-order valence-electron chi connectivity index (χ4n) is 7.71. The number of nitrogens with zero attached hydrogens (tertiary/aromatic N) is 2. The summed E-state index contributed by atoms with van der Waals surface area (Å²) in [5.41, 5.74) is 3.04. The van der Waals surface area contributed by atoms with E-state index in [1.54, 1.807) is 61.5 Å². The highest BCUT2D eigenvalue weighted by Crippen LogP contribution is 2.65. The minimum Gasteiger partial charge on any atom is -0.507 e. The molecule has 2 amide bonds. The van der Waals surface area contributed by atoms with Gasteiger partial charge in [0.2, 0.25) is 17.6 Å². The van der Waals surface area contributed by atoms with Crippen LogP contribution in [0.1, 0.15) is 32.7 Å². The molecule has 6 unspecified atom stereocenters. The number of rotatable bonds is 6. The minimum atomic E-state index is -0.733. The second-order valence-electron chi connectivity index (χ2n) is 12.4. The molecule has 45 heavy (non-hydrogen) atoms. The third-order valence-electron chi connectivity index (χ3n) is 10.0. The number of phenolic OH excluding ortho intramolecular Hbond substituents is 1. The summed E-state index contributed by atoms with van der Waals surface area (Å²) < 4.78 is 5.41. The Morgan fingerprint density at radius 1 is 0.933 bits per heavy atom. The van der Waals surface area contributed by atoms with Crippen LogP contribution in [0.25, 0.3) is 22.2 Å². The molecule has 3 fully saturated rings. The van der Waals surface area contributed by atoms with Gasteiger partial charge in [0.15, 0.2) is 6.61 Å². The van der Waals surface area contributed by atoms with Crippen LogP contribution in [0, 0.1) is 42.4 Å². The zero-order chi connectivity index (χ0) is 31.1. The average molecular weight is 619 g/mol. The zero-order valence-corrected chi connectivity index (χ0v) is 24.9. The molecule has 1 aromatic heterocycles. The van der Waals surface area contributed by atoms with E-state index in [1.165, 1.54) is 17.0 Å². The number of carbonyl (C=O) groups excluding carboxylic acids is 4. The quantitative estimate of drug-likeness (QED) is 0.119. The van der Waals surface area contributed by atoms with Crippen molar-refractivity contribution in [3.63, 3.8) is 0 Å². The first-order valence-electron chi connectivity index (χ1n) is 15.0. The maximum Gasteiger partial charge on any atom is 0.339 e. The van der Waals surface area contributed by atoms with Crippen LogP contribution >= 0.6 is 11.6 Å². The molecular formula is C36H27ClN2O6. The first-order valence-corrected chi connectivity index (χ1v) is 15.4. The Morgan fingerprint density at radius 2 is 1.60 bits per heavy atom. The summed E-state index contributed by atoms with van der Waals surface area (Å²) in [4.78, 5) is 59.3. The Balaban J connectivity index is 1.10. The van der Waals surface area contributed by atoms with Gasteiger partial charge in [-0.25, -0.2) is 9.78 Å². The number of aromatic nitrogens is 1. The highest BCUT2D eigenvalue weighted by atomic mass is 35.5. The monoisotopic (exact) mass is 618 g/mol. The van der Waals surface area contributed by atoms with Gasteiger partial charge >= 0.3 is 5.97 Å². The average Bonchev–Trinajstić information content (AvgIpc) is 3.84. The summed E-state index contributed by atoms with van der Waals surface area (Å²) in [6.07, 6.45) is 5.42. The predicted octanol–water partition coefficient (Wildman–Crippen LogP) is 6.17. The smallest absolute Gasteiger partial charge is 0.339 e. The lowest BCUT2D eigenvalue weighted by Gasteiger charge is -2.37. The van der Waals surface area contributed by atoms with Crippen LogP contribution in [0.2, 0.25) is 5.02 Å². The van der Waals surface area contributed by atoms with Gasteiger partial charge in [-0.3, -0.25) is 19.3 Å². The molecule has 2 heterocycles. The SMILES string of the molecule is Cc1c(Cl)ccc2c(C(=O)OCC(=O)c3ccccc3O)cc(-c3ccc(N4C(=O)C5C6C=CC(C7CC67)C5C4=O)cc3)nc12. The van der Waals surface area contributed by atoms with Crippen LogP contribution in [0.5, 0.6) is 5.75 Å². The van der Waals surface area contributed by atoms with E-state index in [1.807, 2.05) is 0 Å². The molecule has 2 saturated carbocycles. The summed E-state index contributed by atoms with van der Waals surface area (Å²) >= 11 is 6.41. The van der Waals surface area contributed by atoms with Gasteiger partial charge < -0.3 is 9.84 Å². The summed E-state index contributed by atoms with van der Waals surface area (Å²) in [6.45, 7) is 1.24. The number of para-hydroxylation sites is 1. The van der Waals surface area contributed by atoms with Crippen molar-refractivity contribution in [3.05, 3.63) is 101 Å². The van der Waals surface area contributed by atoms with E-state index in [-0.39, 0.29) is 52.4 Å². The molecule has 1 N–H and O–H groups in total. The maximum absolute atomic E-state index is 13.6. The van der Waals surface area contributed by atoms with Gasteiger partial charge in [-0.05, 0) is 79.0 Å². The Bertz CT molecular complexity index is 1970. The third-order valence-corrected chi connectivity index (χ3v) is 10.4. The number of ether oxygens (including phenoxy) is 1. The summed E-state index contributed by atoms with van der Waals surface area (Å²) in [5.74, 6) is -0.926. The van der Waals surface area contributed by atoms with Crippen molar-refractivity contribution >= 4 is 51.8 Å². The minimum absolute atomic E-state index is 0.0585. The fraction of sp³-hybridized carbons (Fsp3) is 0.250. The van der Waals surface area contributed by atoms with Crippen LogP contribution in [-0.2, 0) is 14.3 Å². The Morgan fingerprint density at radius 3 is 2.27 bits per heavy atom. The first kappa shape index (κ1) is 27.7. The lowest BCUT2D eigenvalue weighted by atomic mass is 9.63. The maximum atomic E-state index is 13.6. The molecule has 9 rings (SSSR count). The third kappa shape index (κ3) is 4.23. The number of fused-ring (bicyclic) bond motifs is 1. The molecule has 4 aliphatic carbocycles. The normalized spacial score (nSPS) is 25.8. The number of hydrogen-bond donors (Lipinski definition) is 1. The number of phenols is 1. The Labute approximate surface area is 263 Å². The Kier molecular flexibility index (Phi) is 6.22. The van der Waals surface area contributed by atoms with Crippen molar-refractivity contribution in [2.45, 2.75) is 13.3 Å². The number of anilines is 1. The Hall–Kier alpha value is -4.82. The number of allylic oxidation sites excluding steroid dienone is 2. The highest BCUT2D eigenvalue weighted by molar-refractivity contribution is 6.32. The van der Waals surface area contributed by atoms with E-state index in [9.17, 15) is 24.3 Å². The van der Waals surface area contributed by atoms with Gasteiger partial charge in [0.25, 0.3) is 0 Å². The van der Waals surface area contributed by atoms with Gasteiger partial charge in [-0.1, -0.05) is 54.1 Å². The molecule has 1 saturated heterocycles. The molecule has 3 aromatic carbocycles. The number of imide groups is 1. The second kappa shape index (κ2) is 10.1. The number of aryl methyl sites for hydroxylation is 1. The van der Waals surface area contributed by atoms with Crippen LogP contribution < -0.4 is 4.90 Å². The predicted molar refractivity (Wildman–Crippen MR) is 167 cm³/mol. The standard InChI is InChI=1S/C36H27ClN2O6/c1-17-27(37)13-12-22-26(36(44)45-16-30(41)23-4-2-3-5-29(23)40)15-28(38-33(17)22)18-6-8-19(9-7-18)39-34(42)31-20-10-11-21(25-14-24(20)25)32(31)35(39)43/h2-13,15,20-21,24-25,31-32,40H,14,16H2,1H3. The fourth-order valence-corrected chi connectivity index (χ4v) is 7.86. The van der Waals surface area contributed by atoms with Crippen LogP contribution in [0.15, 0.2) is 78.9 Å². The van der Waals surface area contributed by atoms with Gasteiger partial charge in [0.1, 0.15) is 5.75 Å². The van der Waals surface area contributed by atoms with Gasteiger partial charge in [0, 0.05) is 16.0 Å². The van der Waals surface area contributed by atoms with Gasteiger partial charge in [-0.2, -0.15) is 0 Å². The highest BCUT2D eigenvalue weighted by Gasteiger charge is 2.67. The van der Waals surface area contributed by atoms with E-state index >= 15 is 0 Å². The summed E-state index contributed by atoms with van der Waals surface area (Å²) in [7, 11) is 0. The largest absolute Gasteiger partial charge is 0.507 e. The topological polar surface area (TPSA) is 114 Å². The number of benzene rings is 3. The van der Waals surface area contributed by atoms with Crippen molar-refractivity contribution in [1.82, 2.24) is 4.98 Å². The van der Waals surface area contributed by atoms with E-state index in [0.717, 1.165) is 6.42 Å². The molecule has 0 spiro atoms. The molecular weight excluding hydrogens is 592 g/mol. The number of hydrogen-bond acceptors (Lipinski definition) is 7. The van der Waals surface area contributed by atoms with Crippen molar-refractivity contribution < 1.29 is 29.0 Å². The summed E-state index contributed by atoms with van der Waals surface area (Å²) in [6, 6.07) is 18.0. The van der Waals surface area contributed by atoms with Crippen molar-refractivity contribution in [1.29, 1.82) is 0 Å². The molecule has 9 heteroatoms. The molecule has 4 aromatic rings. The number of halogens is 1. The lowest BCUT2D eigenvalue weighted by Crippen LogP contribution is -2.40. The molecule has 2 bridgehead atoms. The number of esters is 1. The molecule has 6 atom stereocenters. The van der Waals surface area contributed by atoms with Crippen molar-refractivity contribution in [3.8, 4) is 17.0 Å². The van der Waals surface area contributed by atoms with E-state index in [4.69, 9.17) is 21.3 Å². The number of pyridine rings is 1. The molecule has 5 aliphatic rings. The summed E-state index contributed by atoms with van der Waals surface area (Å²) in [5, 5.41) is 11.0. The first-order chi connectivity index (χ1) is 21.7. The zero-order valence-electron chi connectivity index (χ0n) is 24.1. The van der Waals surface area contributed by atoms with Gasteiger partial charge in [-0.15, -0.1) is 0 Å². The lowest BCUT2D eigenvalue weighted by molar-refractivity contribution is -0.124. The number of amides is 2. The van der Waals surface area contributed by atoms with Crippen molar-refractivity contribution in [2.24, 2.45) is 35.5 Å². The van der Waals surface area contributed by atoms with E-state index in [2.05, 4.69) is 12.2 Å². The number of ketones is 1. The molecule has 0 radical (unpaired) electrons. The van der Waals surface area contributed by atoms with Crippen LogP contribution in [0.4, 0.5) is 5.69 Å². The van der Waals surface area contributed by atoms with Crippen molar-refractivity contribution in [2.75, 3.05) is 11.5 Å². The molecule has 8 nitrogen and oxygen atoms in total. The number of Topliss-reactive ketones (excluding diaryl/α,β-unsaturated/α-hetero) is 1. The molecule has 224 valence electrons. The van der Waals surface area contributed by atoms with E-state index in [0.29, 0.717) is 50.3 Å². The van der Waals surface area contributed by atoms with Crippen LogP contribution in [0.3, 0.4) is 0 Å². The number of aromatic hydroxyl groups is 1. The molecule has 1 aliphatic heterocycles. The van der Waals surface area contributed by atoms with Gasteiger partial charge in [0.05, 0.1) is 39.9 Å². The van der Waals surface area contributed by atoms with E-state index < -0.39 is 18.4 Å².